The Bertz CT molecular complexity index is 536. The first kappa shape index (κ1) is 16.7. The zero-order valence-corrected chi connectivity index (χ0v) is 14.1. The Kier molecular flexibility index (Phi) is 5.76. The quantitative estimate of drug-likeness (QED) is 0.812. The first-order valence-electron chi connectivity index (χ1n) is 7.61. The Balaban J connectivity index is 1.80. The molecule has 122 valence electrons. The lowest BCUT2D eigenvalue weighted by Gasteiger charge is -2.26. The monoisotopic (exact) mass is 325 g/mol. The maximum absolute atomic E-state index is 12.1. The smallest absolute Gasteiger partial charge is 0.343 e. The zero-order chi connectivity index (χ0) is 16.1. The van der Waals surface area contributed by atoms with E-state index in [1.54, 1.807) is 14.0 Å². The van der Waals surface area contributed by atoms with Crippen LogP contribution in [0.4, 0.5) is 5.00 Å². The molecule has 1 heterocycles. The molecule has 0 atom stereocenters. The van der Waals surface area contributed by atoms with E-state index >= 15 is 0 Å². The van der Waals surface area contributed by atoms with Crippen LogP contribution in [0.2, 0.25) is 0 Å². The van der Waals surface area contributed by atoms with Gasteiger partial charge in [0.15, 0.2) is 6.61 Å². The minimum atomic E-state index is -0.511. The van der Waals surface area contributed by atoms with Crippen LogP contribution in [0.25, 0.3) is 0 Å². The normalized spacial score (nSPS) is 21.2. The van der Waals surface area contributed by atoms with E-state index in [0.717, 1.165) is 31.6 Å². The van der Waals surface area contributed by atoms with E-state index in [2.05, 4.69) is 21.9 Å². The molecule has 0 aromatic carbocycles. The summed E-state index contributed by atoms with van der Waals surface area (Å²) in [5.41, 5.74) is 1.02. The van der Waals surface area contributed by atoms with Gasteiger partial charge in [0.1, 0.15) is 10.6 Å². The van der Waals surface area contributed by atoms with Gasteiger partial charge in [-0.3, -0.25) is 4.79 Å². The van der Waals surface area contributed by atoms with Crippen molar-refractivity contribution in [1.82, 2.24) is 9.69 Å². The summed E-state index contributed by atoms with van der Waals surface area (Å²) >= 11 is 1.20. The third kappa shape index (κ3) is 4.19. The molecular formula is C15H23N3O3S. The molecule has 1 saturated carbocycles. The number of carbonyl (C=O) groups excluding carboxylic acids is 2. The van der Waals surface area contributed by atoms with Gasteiger partial charge in [0.2, 0.25) is 0 Å². The van der Waals surface area contributed by atoms with E-state index in [1.807, 2.05) is 0 Å². The van der Waals surface area contributed by atoms with Crippen molar-refractivity contribution >= 4 is 28.4 Å². The van der Waals surface area contributed by atoms with Crippen molar-refractivity contribution in [3.63, 3.8) is 0 Å². The third-order valence-electron chi connectivity index (χ3n) is 4.01. The Morgan fingerprint density at radius 3 is 2.64 bits per heavy atom. The first-order valence-corrected chi connectivity index (χ1v) is 8.39. The van der Waals surface area contributed by atoms with Crippen LogP contribution in [-0.4, -0.2) is 35.9 Å². The molecule has 0 aliphatic heterocycles. The summed E-state index contributed by atoms with van der Waals surface area (Å²) in [4.78, 5) is 24.0. The average Bonchev–Trinajstić information content (AvgIpc) is 2.88. The lowest BCUT2D eigenvalue weighted by atomic mass is 9.87. The molecule has 0 saturated heterocycles. The number of rotatable bonds is 5. The molecule has 1 amide bonds. The highest BCUT2D eigenvalue weighted by Gasteiger charge is 2.22. The molecule has 2 rings (SSSR count). The van der Waals surface area contributed by atoms with Gasteiger partial charge in [0.25, 0.3) is 5.91 Å². The molecule has 1 aliphatic rings. The highest BCUT2D eigenvalue weighted by atomic mass is 32.1. The van der Waals surface area contributed by atoms with Crippen molar-refractivity contribution in [3.05, 3.63) is 11.3 Å². The fourth-order valence-electron chi connectivity index (χ4n) is 2.66. The number of esters is 1. The summed E-state index contributed by atoms with van der Waals surface area (Å²) in [6, 6.07) is 0.208. The molecule has 7 heteroatoms. The number of hydrogen-bond donors (Lipinski definition) is 2. The Morgan fingerprint density at radius 1 is 1.32 bits per heavy atom. The minimum absolute atomic E-state index is 0.208. The molecule has 0 bridgehead atoms. The van der Waals surface area contributed by atoms with Crippen LogP contribution in [0.5, 0.6) is 0 Å². The Morgan fingerprint density at radius 2 is 2.00 bits per heavy atom. The lowest BCUT2D eigenvalue weighted by molar-refractivity contribution is -0.125. The van der Waals surface area contributed by atoms with Gasteiger partial charge >= 0.3 is 5.97 Å². The lowest BCUT2D eigenvalue weighted by Crippen LogP contribution is -2.39. The molecule has 0 unspecified atom stereocenters. The number of nitrogens with one attached hydrogen (secondary N) is 2. The minimum Gasteiger partial charge on any atom is -0.452 e. The summed E-state index contributed by atoms with van der Waals surface area (Å²) < 4.78 is 9.22. The highest BCUT2D eigenvalue weighted by molar-refractivity contribution is 7.10. The van der Waals surface area contributed by atoms with E-state index in [-0.39, 0.29) is 18.6 Å². The van der Waals surface area contributed by atoms with Crippen LogP contribution in [0.15, 0.2) is 0 Å². The van der Waals surface area contributed by atoms with Crippen molar-refractivity contribution < 1.29 is 14.3 Å². The Hall–Kier alpha value is -1.63. The van der Waals surface area contributed by atoms with Gasteiger partial charge in [-0.15, -0.1) is 0 Å². The van der Waals surface area contributed by atoms with Crippen LogP contribution >= 0.6 is 11.5 Å². The van der Waals surface area contributed by atoms with E-state index in [1.165, 1.54) is 11.5 Å². The summed E-state index contributed by atoms with van der Waals surface area (Å²) in [6.45, 7) is 3.73. The molecule has 6 nitrogen and oxygen atoms in total. The van der Waals surface area contributed by atoms with E-state index in [0.29, 0.717) is 16.3 Å². The van der Waals surface area contributed by atoms with Gasteiger partial charge in [-0.25, -0.2) is 4.79 Å². The predicted molar refractivity (Wildman–Crippen MR) is 86.2 cm³/mol. The number of anilines is 1. The number of nitrogens with zero attached hydrogens (tertiary/aromatic N) is 1. The van der Waals surface area contributed by atoms with E-state index in [4.69, 9.17) is 4.74 Å². The van der Waals surface area contributed by atoms with Gasteiger partial charge in [-0.2, -0.15) is 4.37 Å². The molecule has 0 radical (unpaired) electrons. The standard InChI is InChI=1S/C15H23N3O3S/c1-9-4-6-11(7-5-9)17-12(19)8-21-15(20)13-10(2)18-22-14(13)16-3/h9,11,16H,4-8H2,1-3H3,(H,17,19). The topological polar surface area (TPSA) is 80.3 Å². The molecule has 2 N–H and O–H groups in total. The van der Waals surface area contributed by atoms with Gasteiger partial charge in [0, 0.05) is 13.1 Å². The summed E-state index contributed by atoms with van der Waals surface area (Å²) in [5.74, 6) is -0.0113. The number of hydrogen-bond acceptors (Lipinski definition) is 6. The summed E-state index contributed by atoms with van der Waals surface area (Å²) in [7, 11) is 1.72. The number of ether oxygens (including phenoxy) is 1. The van der Waals surface area contributed by atoms with Gasteiger partial charge in [0.05, 0.1) is 5.69 Å². The number of aromatic nitrogens is 1. The molecule has 0 spiro atoms. The predicted octanol–water partition coefficient (Wildman–Crippen LogP) is 2.34. The molecule has 22 heavy (non-hydrogen) atoms. The van der Waals surface area contributed by atoms with Crippen molar-refractivity contribution in [3.8, 4) is 0 Å². The summed E-state index contributed by atoms with van der Waals surface area (Å²) in [6.07, 6.45) is 4.27. The van der Waals surface area contributed by atoms with Crippen LogP contribution in [0.3, 0.4) is 0 Å². The molecule has 1 aromatic rings. The third-order valence-corrected chi connectivity index (χ3v) is 4.97. The average molecular weight is 325 g/mol. The summed E-state index contributed by atoms with van der Waals surface area (Å²) in [5, 5.41) is 6.50. The number of amides is 1. The fourth-order valence-corrected chi connectivity index (χ4v) is 3.39. The van der Waals surface area contributed by atoms with Crippen LogP contribution in [0, 0.1) is 12.8 Å². The molecule has 1 fully saturated rings. The zero-order valence-electron chi connectivity index (χ0n) is 13.3. The number of aryl methyl sites for hydroxylation is 1. The molecule has 1 aliphatic carbocycles. The van der Waals surface area contributed by atoms with Crippen molar-refractivity contribution in [2.75, 3.05) is 19.0 Å². The Labute approximate surface area is 134 Å². The molecule has 1 aromatic heterocycles. The van der Waals surface area contributed by atoms with Gasteiger partial charge < -0.3 is 15.4 Å². The SMILES string of the molecule is CNc1snc(C)c1C(=O)OCC(=O)NC1CCC(C)CC1. The van der Waals surface area contributed by atoms with Crippen LogP contribution in [0.1, 0.15) is 48.7 Å². The number of carbonyl (C=O) groups is 2. The van der Waals surface area contributed by atoms with Crippen LogP contribution in [-0.2, 0) is 9.53 Å². The first-order chi connectivity index (χ1) is 10.5. The van der Waals surface area contributed by atoms with E-state index < -0.39 is 5.97 Å². The van der Waals surface area contributed by atoms with E-state index in [9.17, 15) is 9.59 Å². The van der Waals surface area contributed by atoms with Crippen molar-refractivity contribution in [1.29, 1.82) is 0 Å². The highest BCUT2D eigenvalue weighted by Crippen LogP contribution is 2.25. The maximum Gasteiger partial charge on any atom is 0.343 e. The second kappa shape index (κ2) is 7.58. The second-order valence-electron chi connectivity index (χ2n) is 5.82. The molecular weight excluding hydrogens is 302 g/mol. The van der Waals surface area contributed by atoms with Crippen molar-refractivity contribution in [2.24, 2.45) is 5.92 Å². The van der Waals surface area contributed by atoms with Crippen molar-refractivity contribution in [2.45, 2.75) is 45.6 Å². The maximum atomic E-state index is 12.1. The van der Waals surface area contributed by atoms with Gasteiger partial charge in [-0.1, -0.05) is 6.92 Å². The van der Waals surface area contributed by atoms with Crippen LogP contribution < -0.4 is 10.6 Å². The second-order valence-corrected chi connectivity index (χ2v) is 6.60. The largest absolute Gasteiger partial charge is 0.452 e. The fraction of sp³-hybridized carbons (Fsp3) is 0.667. The van der Waals surface area contributed by atoms with Gasteiger partial charge in [-0.05, 0) is 50.1 Å².